The van der Waals surface area contributed by atoms with Crippen LogP contribution >= 0.6 is 46.4 Å². The molecule has 0 bridgehead atoms. The van der Waals surface area contributed by atoms with E-state index in [4.69, 9.17) is 46.4 Å². The number of sulfonamides is 1. The monoisotopic (exact) mass is 581 g/mol. The molecule has 2 atom stereocenters. The molecule has 35 heavy (non-hydrogen) atoms. The van der Waals surface area contributed by atoms with Gasteiger partial charge < -0.3 is 10.2 Å². The second-order valence-corrected chi connectivity index (χ2v) is 11.6. The van der Waals surface area contributed by atoms with Crippen LogP contribution in [0.3, 0.4) is 0 Å². The van der Waals surface area contributed by atoms with Crippen LogP contribution in [0.2, 0.25) is 20.1 Å². The molecule has 0 unspecified atom stereocenters. The Bertz CT molecular complexity index is 1190. The van der Waals surface area contributed by atoms with Crippen molar-refractivity contribution < 1.29 is 18.0 Å². The van der Waals surface area contributed by atoms with E-state index >= 15 is 0 Å². The number of nitrogens with one attached hydrogen (secondary N) is 1. The summed E-state index contributed by atoms with van der Waals surface area (Å²) in [6.07, 6.45) is 1.66. The van der Waals surface area contributed by atoms with Gasteiger partial charge in [0.2, 0.25) is 21.8 Å². The average molecular weight is 583 g/mol. The molecule has 0 spiro atoms. The van der Waals surface area contributed by atoms with Gasteiger partial charge in [0, 0.05) is 12.6 Å². The number of carbonyl (C=O) groups is 2. The Kier molecular flexibility index (Phi) is 10.5. The van der Waals surface area contributed by atoms with Crippen molar-refractivity contribution in [3.63, 3.8) is 0 Å². The lowest BCUT2D eigenvalue weighted by Crippen LogP contribution is -2.52. The molecule has 1 N–H and O–H groups in total. The highest BCUT2D eigenvalue weighted by Gasteiger charge is 2.31. The van der Waals surface area contributed by atoms with Gasteiger partial charge in [-0.15, -0.1) is 0 Å². The molecule has 0 fully saturated rings. The zero-order chi connectivity index (χ0) is 26.5. The predicted molar refractivity (Wildman–Crippen MR) is 143 cm³/mol. The Balaban J connectivity index is 2.45. The summed E-state index contributed by atoms with van der Waals surface area (Å²) < 4.78 is 26.1. The fourth-order valence-corrected chi connectivity index (χ4v) is 4.79. The van der Waals surface area contributed by atoms with Gasteiger partial charge in [0.15, 0.2) is 0 Å². The number of benzene rings is 2. The highest BCUT2D eigenvalue weighted by molar-refractivity contribution is 7.92. The van der Waals surface area contributed by atoms with E-state index in [1.165, 1.54) is 23.1 Å². The third kappa shape index (κ3) is 7.89. The first kappa shape index (κ1) is 29.5. The molecule has 2 rings (SSSR count). The highest BCUT2D eigenvalue weighted by atomic mass is 35.5. The summed E-state index contributed by atoms with van der Waals surface area (Å²) in [5, 5.41) is 3.61. The van der Waals surface area contributed by atoms with Gasteiger partial charge in [-0.1, -0.05) is 65.5 Å². The van der Waals surface area contributed by atoms with Crippen molar-refractivity contribution in [1.82, 2.24) is 10.2 Å². The summed E-state index contributed by atoms with van der Waals surface area (Å²) in [6, 6.07) is 8.31. The predicted octanol–water partition coefficient (Wildman–Crippen LogP) is 5.40. The fraction of sp³-hybridized carbons (Fsp3) is 0.391. The van der Waals surface area contributed by atoms with E-state index in [0.717, 1.165) is 10.6 Å². The molecule has 0 heterocycles. The molecule has 0 aromatic heterocycles. The fourth-order valence-electron chi connectivity index (χ4n) is 3.16. The number of halogens is 4. The molecular formula is C23H27Cl4N3O4S. The first-order chi connectivity index (χ1) is 16.3. The molecule has 0 saturated carbocycles. The minimum atomic E-state index is -3.94. The van der Waals surface area contributed by atoms with Gasteiger partial charge in [-0.05, 0) is 50.1 Å². The summed E-state index contributed by atoms with van der Waals surface area (Å²) >= 11 is 24.5. The highest BCUT2D eigenvalue weighted by Crippen LogP contribution is 2.34. The second kappa shape index (κ2) is 12.5. The Morgan fingerprint density at radius 2 is 1.66 bits per heavy atom. The molecule has 2 amide bonds. The molecule has 192 valence electrons. The normalized spacial score (nSPS) is 13.1. The number of carbonyl (C=O) groups excluding carboxylic acids is 2. The summed E-state index contributed by atoms with van der Waals surface area (Å²) in [7, 11) is -3.94. The van der Waals surface area contributed by atoms with E-state index in [0.29, 0.717) is 17.0 Å². The van der Waals surface area contributed by atoms with Crippen molar-refractivity contribution >= 4 is 73.9 Å². The number of nitrogens with zero attached hydrogens (tertiary/aromatic N) is 2. The van der Waals surface area contributed by atoms with Crippen LogP contribution in [0.15, 0.2) is 36.4 Å². The molecule has 7 nitrogen and oxygen atoms in total. The zero-order valence-electron chi connectivity index (χ0n) is 19.7. The minimum absolute atomic E-state index is 0.00824. The molecule has 0 aliphatic heterocycles. The van der Waals surface area contributed by atoms with Crippen molar-refractivity contribution in [2.75, 3.05) is 17.1 Å². The van der Waals surface area contributed by atoms with Gasteiger partial charge in [-0.3, -0.25) is 13.9 Å². The van der Waals surface area contributed by atoms with Crippen LogP contribution < -0.4 is 9.62 Å². The minimum Gasteiger partial charge on any atom is -0.352 e. The van der Waals surface area contributed by atoms with Crippen LogP contribution in [-0.4, -0.2) is 50.0 Å². The second-order valence-electron chi connectivity index (χ2n) is 8.11. The first-order valence-corrected chi connectivity index (χ1v) is 14.1. The number of rotatable bonds is 10. The first-order valence-electron chi connectivity index (χ1n) is 10.7. The topological polar surface area (TPSA) is 86.8 Å². The Hall–Kier alpha value is -1.71. The maximum Gasteiger partial charge on any atom is 0.244 e. The van der Waals surface area contributed by atoms with Crippen molar-refractivity contribution in [3.05, 3.63) is 62.1 Å². The zero-order valence-corrected chi connectivity index (χ0v) is 23.5. The summed E-state index contributed by atoms with van der Waals surface area (Å²) in [5.74, 6) is -0.996. The lowest BCUT2D eigenvalue weighted by Gasteiger charge is -2.32. The standard InChI is InChI=1S/C23H27Cl4N3O4S/c1-5-14(2)28-23(32)15(3)29(12-16-9-10-17(24)19(26)11-16)21(31)13-30(35(4,33)34)20-8-6-7-18(25)22(20)27/h6-11,14-15H,5,12-13H2,1-4H3,(H,28,32)/t14-,15-/m0/s1. The lowest BCUT2D eigenvalue weighted by atomic mass is 10.1. The van der Waals surface area contributed by atoms with Gasteiger partial charge in [0.25, 0.3) is 0 Å². The third-order valence-electron chi connectivity index (χ3n) is 5.38. The van der Waals surface area contributed by atoms with E-state index in [-0.39, 0.29) is 39.2 Å². The maximum atomic E-state index is 13.5. The lowest BCUT2D eigenvalue weighted by molar-refractivity contribution is -0.139. The van der Waals surface area contributed by atoms with E-state index < -0.39 is 28.5 Å². The van der Waals surface area contributed by atoms with Crippen molar-refractivity contribution in [1.29, 1.82) is 0 Å². The average Bonchev–Trinajstić information content (AvgIpc) is 2.78. The largest absolute Gasteiger partial charge is 0.352 e. The number of anilines is 1. The number of amides is 2. The van der Waals surface area contributed by atoms with Crippen LogP contribution in [0.4, 0.5) is 5.69 Å². The van der Waals surface area contributed by atoms with E-state index in [9.17, 15) is 18.0 Å². The molecule has 12 heteroatoms. The smallest absolute Gasteiger partial charge is 0.244 e. The third-order valence-corrected chi connectivity index (χ3v) is 8.06. The molecule has 0 radical (unpaired) electrons. The number of hydrogen-bond donors (Lipinski definition) is 1. The maximum absolute atomic E-state index is 13.5. The molecule has 2 aromatic carbocycles. The van der Waals surface area contributed by atoms with Crippen LogP contribution in [0, 0.1) is 0 Å². The molecule has 0 aliphatic carbocycles. The quantitative estimate of drug-likeness (QED) is 0.406. The van der Waals surface area contributed by atoms with Crippen molar-refractivity contribution in [3.8, 4) is 0 Å². The summed E-state index contributed by atoms with van der Waals surface area (Å²) in [5.41, 5.74) is 0.670. The molecule has 2 aromatic rings. The van der Waals surface area contributed by atoms with Gasteiger partial charge in [0.1, 0.15) is 12.6 Å². The van der Waals surface area contributed by atoms with Crippen LogP contribution in [0.5, 0.6) is 0 Å². The number of hydrogen-bond acceptors (Lipinski definition) is 4. The Morgan fingerprint density at radius 1 is 1.00 bits per heavy atom. The van der Waals surface area contributed by atoms with Crippen LogP contribution in [0.1, 0.15) is 32.8 Å². The molecule has 0 aliphatic rings. The SMILES string of the molecule is CC[C@H](C)NC(=O)[C@H](C)N(Cc1ccc(Cl)c(Cl)c1)C(=O)CN(c1cccc(Cl)c1Cl)S(C)(=O)=O. The van der Waals surface area contributed by atoms with Crippen molar-refractivity contribution in [2.45, 2.75) is 45.8 Å². The Morgan fingerprint density at radius 3 is 2.23 bits per heavy atom. The van der Waals surface area contributed by atoms with Gasteiger partial charge >= 0.3 is 0 Å². The van der Waals surface area contributed by atoms with Gasteiger partial charge in [-0.25, -0.2) is 8.42 Å². The van der Waals surface area contributed by atoms with Crippen molar-refractivity contribution in [2.24, 2.45) is 0 Å². The summed E-state index contributed by atoms with van der Waals surface area (Å²) in [4.78, 5) is 27.7. The van der Waals surface area contributed by atoms with E-state index in [1.807, 2.05) is 13.8 Å². The van der Waals surface area contributed by atoms with Crippen LogP contribution in [-0.2, 0) is 26.2 Å². The summed E-state index contributed by atoms with van der Waals surface area (Å²) in [6.45, 7) is 4.74. The molecular weight excluding hydrogens is 556 g/mol. The Labute approximate surface area is 226 Å². The van der Waals surface area contributed by atoms with E-state index in [2.05, 4.69) is 5.32 Å². The van der Waals surface area contributed by atoms with Crippen LogP contribution in [0.25, 0.3) is 0 Å². The van der Waals surface area contributed by atoms with Gasteiger partial charge in [-0.2, -0.15) is 0 Å². The van der Waals surface area contributed by atoms with Gasteiger partial charge in [0.05, 0.1) is 32.0 Å². The van der Waals surface area contributed by atoms with E-state index in [1.54, 1.807) is 25.1 Å². The molecule has 0 saturated heterocycles.